The van der Waals surface area contributed by atoms with Gasteiger partial charge in [-0.3, -0.25) is 9.78 Å². The molecule has 2 heterocycles. The second-order valence-corrected chi connectivity index (χ2v) is 7.06. The van der Waals surface area contributed by atoms with Gasteiger partial charge >= 0.3 is 0 Å². The first kappa shape index (κ1) is 14.7. The molecule has 1 aliphatic heterocycles. The van der Waals surface area contributed by atoms with Gasteiger partial charge in [-0.2, -0.15) is 0 Å². The highest BCUT2D eigenvalue weighted by molar-refractivity contribution is 9.10. The van der Waals surface area contributed by atoms with E-state index in [9.17, 15) is 4.79 Å². The van der Waals surface area contributed by atoms with Gasteiger partial charge in [-0.1, -0.05) is 15.9 Å². The minimum Gasteiger partial charge on any atom is -0.492 e. The minimum absolute atomic E-state index is 0.0988. The fourth-order valence-corrected chi connectivity index (χ4v) is 3.35. The van der Waals surface area contributed by atoms with Gasteiger partial charge in [0.05, 0.1) is 11.9 Å². The zero-order valence-electron chi connectivity index (χ0n) is 12.6. The number of carbonyl (C=O) groups excluding carboxylic acids is 1. The molecule has 0 radical (unpaired) electrons. The van der Waals surface area contributed by atoms with E-state index in [2.05, 4.69) is 20.9 Å². The van der Waals surface area contributed by atoms with E-state index in [4.69, 9.17) is 4.74 Å². The number of hydrogen-bond acceptors (Lipinski definition) is 3. The Morgan fingerprint density at radius 2 is 2.22 bits per heavy atom. The molecule has 4 rings (SSSR count). The molecule has 1 aromatic heterocycles. The van der Waals surface area contributed by atoms with Crippen molar-refractivity contribution in [2.45, 2.75) is 18.8 Å². The van der Waals surface area contributed by atoms with Gasteiger partial charge in [-0.15, -0.1) is 0 Å². The maximum absolute atomic E-state index is 13.2. The Labute approximate surface area is 143 Å². The summed E-state index contributed by atoms with van der Waals surface area (Å²) >= 11 is 3.48. The molecule has 23 heavy (non-hydrogen) atoms. The molecule has 1 atom stereocenters. The van der Waals surface area contributed by atoms with Crippen molar-refractivity contribution in [1.29, 1.82) is 0 Å². The van der Waals surface area contributed by atoms with Crippen molar-refractivity contribution in [3.05, 3.63) is 52.8 Å². The number of halogens is 1. The summed E-state index contributed by atoms with van der Waals surface area (Å²) in [5.41, 5.74) is 1.84. The van der Waals surface area contributed by atoms with Crippen LogP contribution in [0.1, 0.15) is 24.3 Å². The summed E-state index contributed by atoms with van der Waals surface area (Å²) in [6.45, 7) is 1.18. The number of ether oxygens (including phenoxy) is 1. The van der Waals surface area contributed by atoms with E-state index in [1.807, 2.05) is 35.2 Å². The third-order valence-corrected chi connectivity index (χ3v) is 4.91. The predicted molar refractivity (Wildman–Crippen MR) is 91.7 cm³/mol. The molecule has 0 N–H and O–H groups in total. The van der Waals surface area contributed by atoms with Gasteiger partial charge in [0.15, 0.2) is 0 Å². The van der Waals surface area contributed by atoms with Crippen LogP contribution in [0, 0.1) is 5.92 Å². The Hall–Kier alpha value is -1.88. The van der Waals surface area contributed by atoms with Crippen LogP contribution < -0.4 is 9.64 Å². The predicted octanol–water partition coefficient (Wildman–Crippen LogP) is 3.76. The summed E-state index contributed by atoms with van der Waals surface area (Å²) in [7, 11) is 0. The molecule has 1 saturated carbocycles. The van der Waals surface area contributed by atoms with Crippen LogP contribution in [0.3, 0.4) is 0 Å². The second kappa shape index (κ2) is 5.96. The third kappa shape index (κ3) is 2.98. The number of hydrogen-bond donors (Lipinski definition) is 0. The fraction of sp³-hybridized carbons (Fsp3) is 0.333. The average molecular weight is 373 g/mol. The second-order valence-electron chi connectivity index (χ2n) is 6.15. The largest absolute Gasteiger partial charge is 0.492 e. The van der Waals surface area contributed by atoms with Crippen molar-refractivity contribution in [3.63, 3.8) is 0 Å². The van der Waals surface area contributed by atoms with E-state index < -0.39 is 0 Å². The Bertz CT molecular complexity index is 731. The molecule has 118 valence electrons. The summed E-state index contributed by atoms with van der Waals surface area (Å²) in [4.78, 5) is 19.2. The number of benzene rings is 1. The lowest BCUT2D eigenvalue weighted by Gasteiger charge is -2.25. The van der Waals surface area contributed by atoms with Crippen LogP contribution in [0.15, 0.2) is 47.2 Å². The maximum Gasteiger partial charge on any atom is 0.238 e. The molecular weight excluding hydrogens is 356 g/mol. The zero-order chi connectivity index (χ0) is 15.8. The molecule has 4 nitrogen and oxygen atoms in total. The molecule has 1 fully saturated rings. The van der Waals surface area contributed by atoms with Crippen LogP contribution in [-0.4, -0.2) is 24.0 Å². The third-order valence-electron chi connectivity index (χ3n) is 4.41. The van der Waals surface area contributed by atoms with Gasteiger partial charge in [-0.25, -0.2) is 0 Å². The Balaban J connectivity index is 1.65. The highest BCUT2D eigenvalue weighted by Gasteiger charge is 2.36. The molecule has 2 aliphatic rings. The van der Waals surface area contributed by atoms with E-state index in [1.165, 1.54) is 12.8 Å². The number of fused-ring (bicyclic) bond motifs is 1. The van der Waals surface area contributed by atoms with E-state index in [1.54, 1.807) is 12.4 Å². The molecule has 0 spiro atoms. The molecule has 1 aromatic carbocycles. The highest BCUT2D eigenvalue weighted by atomic mass is 79.9. The lowest BCUT2D eigenvalue weighted by molar-refractivity contribution is -0.120. The topological polar surface area (TPSA) is 42.4 Å². The monoisotopic (exact) mass is 372 g/mol. The van der Waals surface area contributed by atoms with Gasteiger partial charge in [-0.05, 0) is 49.1 Å². The van der Waals surface area contributed by atoms with E-state index in [0.29, 0.717) is 12.5 Å². The minimum atomic E-state index is -0.249. The van der Waals surface area contributed by atoms with Crippen molar-refractivity contribution >= 4 is 27.5 Å². The van der Waals surface area contributed by atoms with E-state index in [0.717, 1.165) is 28.0 Å². The summed E-state index contributed by atoms with van der Waals surface area (Å²) in [5.74, 6) is 1.27. The van der Waals surface area contributed by atoms with Gasteiger partial charge in [0.2, 0.25) is 5.91 Å². The number of anilines is 1. The Kier molecular flexibility index (Phi) is 3.81. The first-order chi connectivity index (χ1) is 11.2. The Morgan fingerprint density at radius 3 is 2.96 bits per heavy atom. The molecule has 1 aliphatic carbocycles. The first-order valence-corrected chi connectivity index (χ1v) is 8.65. The molecule has 5 heteroatoms. The van der Waals surface area contributed by atoms with Gasteiger partial charge in [0.1, 0.15) is 18.3 Å². The van der Waals surface area contributed by atoms with Crippen LogP contribution in [0.2, 0.25) is 0 Å². The number of rotatable bonds is 4. The van der Waals surface area contributed by atoms with E-state index >= 15 is 0 Å². The number of aromatic nitrogens is 1. The van der Waals surface area contributed by atoms with Crippen molar-refractivity contribution in [2.24, 2.45) is 5.92 Å². The van der Waals surface area contributed by atoms with Crippen molar-refractivity contribution in [1.82, 2.24) is 4.98 Å². The number of nitrogens with zero attached hydrogens (tertiary/aromatic N) is 2. The SMILES string of the molecule is O=C([C@@H]1COc2ccc(Br)cc21)N(CC1CC1)c1cccnc1. The summed E-state index contributed by atoms with van der Waals surface area (Å²) in [6.07, 6.45) is 5.90. The number of pyridine rings is 1. The molecule has 0 unspecified atom stereocenters. The van der Waals surface area contributed by atoms with Crippen LogP contribution in [-0.2, 0) is 4.79 Å². The number of amides is 1. The highest BCUT2D eigenvalue weighted by Crippen LogP contribution is 2.39. The van der Waals surface area contributed by atoms with Crippen molar-refractivity contribution in [2.75, 3.05) is 18.1 Å². The van der Waals surface area contributed by atoms with Gasteiger partial charge in [0.25, 0.3) is 0 Å². The lowest BCUT2D eigenvalue weighted by Crippen LogP contribution is -2.37. The van der Waals surface area contributed by atoms with Crippen molar-refractivity contribution in [3.8, 4) is 5.75 Å². The maximum atomic E-state index is 13.2. The quantitative estimate of drug-likeness (QED) is 0.820. The molecule has 0 bridgehead atoms. The zero-order valence-corrected chi connectivity index (χ0v) is 14.2. The summed E-state index contributed by atoms with van der Waals surface area (Å²) < 4.78 is 6.68. The van der Waals surface area contributed by atoms with Crippen LogP contribution in [0.25, 0.3) is 0 Å². The lowest BCUT2D eigenvalue weighted by atomic mass is 9.99. The molecular formula is C18H17BrN2O2. The first-order valence-electron chi connectivity index (χ1n) is 7.86. The van der Waals surface area contributed by atoms with Gasteiger partial charge < -0.3 is 9.64 Å². The standard InChI is InChI=1S/C18H17BrN2O2/c19-13-5-6-17-15(8-13)16(11-23-17)18(22)21(10-12-3-4-12)14-2-1-7-20-9-14/h1-2,5-9,12,16H,3-4,10-11H2/t16-/m1/s1. The Morgan fingerprint density at radius 1 is 1.35 bits per heavy atom. The normalized spacial score (nSPS) is 19.1. The van der Waals surface area contributed by atoms with Crippen molar-refractivity contribution < 1.29 is 9.53 Å². The van der Waals surface area contributed by atoms with Crippen LogP contribution in [0.4, 0.5) is 5.69 Å². The summed E-state index contributed by atoms with van der Waals surface area (Å²) in [5, 5.41) is 0. The van der Waals surface area contributed by atoms with Gasteiger partial charge in [0, 0.05) is 22.8 Å². The summed E-state index contributed by atoms with van der Waals surface area (Å²) in [6, 6.07) is 9.67. The average Bonchev–Trinajstić information content (AvgIpc) is 3.30. The molecule has 2 aromatic rings. The number of carbonyl (C=O) groups is 1. The van der Waals surface area contributed by atoms with E-state index in [-0.39, 0.29) is 11.8 Å². The van der Waals surface area contributed by atoms with Crippen LogP contribution in [0.5, 0.6) is 5.75 Å². The molecule has 0 saturated heterocycles. The molecule has 1 amide bonds. The van der Waals surface area contributed by atoms with Crippen LogP contribution >= 0.6 is 15.9 Å². The smallest absolute Gasteiger partial charge is 0.238 e. The fourth-order valence-electron chi connectivity index (χ4n) is 2.97.